The Hall–Kier alpha value is -2.44. The third-order valence-corrected chi connectivity index (χ3v) is 6.21. The first-order chi connectivity index (χ1) is 12.8. The minimum atomic E-state index is -1.28. The normalized spacial score (nSPS) is 15.8. The van der Waals surface area contributed by atoms with E-state index in [1.165, 1.54) is 0 Å². The van der Waals surface area contributed by atoms with Crippen LogP contribution in [-0.2, 0) is 10.8 Å². The van der Waals surface area contributed by atoms with E-state index in [0.29, 0.717) is 0 Å². The molecule has 4 rings (SSSR count). The van der Waals surface area contributed by atoms with Crippen molar-refractivity contribution in [1.82, 2.24) is 10.3 Å². The maximum Gasteiger partial charge on any atom is 0.0949 e. The van der Waals surface area contributed by atoms with Crippen molar-refractivity contribution in [3.8, 4) is 0 Å². The Morgan fingerprint density at radius 1 is 1.08 bits per heavy atom. The van der Waals surface area contributed by atoms with Crippen molar-refractivity contribution in [3.05, 3.63) is 54.7 Å². The summed E-state index contributed by atoms with van der Waals surface area (Å²) in [5.41, 5.74) is 2.82. The summed E-state index contributed by atoms with van der Waals surface area (Å²) in [5, 5.41) is 7.48. The number of benzene rings is 2. The van der Waals surface area contributed by atoms with Crippen LogP contribution in [0.5, 0.6) is 0 Å². The zero-order valence-corrected chi connectivity index (χ0v) is 15.6. The highest BCUT2D eigenvalue weighted by atomic mass is 32.2. The average Bonchev–Trinajstić information content (AvgIpc) is 2.73. The van der Waals surface area contributed by atoms with Gasteiger partial charge in [-0.3, -0.25) is 4.98 Å². The first-order valence-electron chi connectivity index (χ1n) is 8.81. The molecule has 134 valence electrons. The van der Waals surface area contributed by atoms with Gasteiger partial charge in [0.2, 0.25) is 0 Å². The molecular weight excluding hydrogens is 344 g/mol. The Balaban J connectivity index is 1.89. The number of anilines is 2. The average molecular weight is 366 g/mol. The van der Waals surface area contributed by atoms with Gasteiger partial charge in [-0.05, 0) is 18.2 Å². The SMILES string of the molecule is CNc1cnc2c(N3CCNCC3)cccc2c1S(=O)c1ccccc1. The summed E-state index contributed by atoms with van der Waals surface area (Å²) in [5.74, 6) is 0. The summed E-state index contributed by atoms with van der Waals surface area (Å²) >= 11 is 0. The fraction of sp³-hybridized carbons (Fsp3) is 0.250. The van der Waals surface area contributed by atoms with Gasteiger partial charge in [0.25, 0.3) is 0 Å². The Labute approximate surface area is 155 Å². The topological polar surface area (TPSA) is 57.3 Å². The van der Waals surface area contributed by atoms with Crippen molar-refractivity contribution in [2.24, 2.45) is 0 Å². The van der Waals surface area contributed by atoms with Crippen molar-refractivity contribution in [3.63, 3.8) is 0 Å². The van der Waals surface area contributed by atoms with Gasteiger partial charge < -0.3 is 15.5 Å². The number of hydrogen-bond donors (Lipinski definition) is 2. The molecule has 2 aromatic carbocycles. The molecule has 5 nitrogen and oxygen atoms in total. The Kier molecular flexibility index (Phi) is 4.86. The van der Waals surface area contributed by atoms with Crippen LogP contribution in [0, 0.1) is 0 Å². The lowest BCUT2D eigenvalue weighted by Crippen LogP contribution is -2.43. The number of nitrogens with zero attached hydrogens (tertiary/aromatic N) is 2. The summed E-state index contributed by atoms with van der Waals surface area (Å²) in [6.07, 6.45) is 1.80. The van der Waals surface area contributed by atoms with E-state index >= 15 is 0 Å². The van der Waals surface area contributed by atoms with Gasteiger partial charge in [-0.15, -0.1) is 0 Å². The number of pyridine rings is 1. The van der Waals surface area contributed by atoms with Gasteiger partial charge in [-0.1, -0.05) is 30.3 Å². The molecule has 0 spiro atoms. The van der Waals surface area contributed by atoms with Gasteiger partial charge in [0.15, 0.2) is 0 Å². The first-order valence-corrected chi connectivity index (χ1v) is 9.96. The third-order valence-electron chi connectivity index (χ3n) is 4.70. The van der Waals surface area contributed by atoms with E-state index in [1.807, 2.05) is 49.5 Å². The molecule has 0 aliphatic carbocycles. The maximum atomic E-state index is 13.3. The standard InChI is InChI=1S/C20H22N4OS/c1-21-17-14-23-19-16(20(17)26(25)15-6-3-2-4-7-15)8-5-9-18(19)24-12-10-22-11-13-24/h2-9,14,21-22H,10-13H2,1H3. The van der Waals surface area contributed by atoms with E-state index in [-0.39, 0.29) is 0 Å². The highest BCUT2D eigenvalue weighted by Crippen LogP contribution is 2.35. The van der Waals surface area contributed by atoms with Gasteiger partial charge in [-0.2, -0.15) is 0 Å². The number of fused-ring (bicyclic) bond motifs is 1. The highest BCUT2D eigenvalue weighted by molar-refractivity contribution is 7.85. The second-order valence-electron chi connectivity index (χ2n) is 6.24. The Bertz CT molecular complexity index is 939. The molecule has 1 aliphatic rings. The van der Waals surface area contributed by atoms with E-state index in [1.54, 1.807) is 6.20 Å². The van der Waals surface area contributed by atoms with Crippen LogP contribution in [-0.4, -0.2) is 42.4 Å². The zero-order valence-electron chi connectivity index (χ0n) is 14.7. The molecule has 1 aliphatic heterocycles. The zero-order chi connectivity index (χ0) is 17.9. The van der Waals surface area contributed by atoms with Crippen LogP contribution in [0.25, 0.3) is 10.9 Å². The number of nitrogens with one attached hydrogen (secondary N) is 2. The van der Waals surface area contributed by atoms with Crippen LogP contribution >= 0.6 is 0 Å². The number of piperazine rings is 1. The molecule has 1 aromatic heterocycles. The van der Waals surface area contributed by atoms with Crippen molar-refractivity contribution >= 4 is 33.1 Å². The van der Waals surface area contributed by atoms with Crippen molar-refractivity contribution in [1.29, 1.82) is 0 Å². The molecule has 26 heavy (non-hydrogen) atoms. The molecule has 0 amide bonds. The van der Waals surface area contributed by atoms with Crippen LogP contribution in [0.2, 0.25) is 0 Å². The molecule has 1 saturated heterocycles. The van der Waals surface area contributed by atoms with Gasteiger partial charge in [0.05, 0.1) is 38.8 Å². The highest BCUT2D eigenvalue weighted by Gasteiger charge is 2.20. The Morgan fingerprint density at radius 2 is 1.85 bits per heavy atom. The van der Waals surface area contributed by atoms with Crippen LogP contribution in [0.1, 0.15) is 0 Å². The van der Waals surface area contributed by atoms with Gasteiger partial charge >= 0.3 is 0 Å². The van der Waals surface area contributed by atoms with Crippen molar-refractivity contribution in [2.75, 3.05) is 43.4 Å². The van der Waals surface area contributed by atoms with E-state index in [9.17, 15) is 4.21 Å². The molecule has 2 N–H and O–H groups in total. The quantitative estimate of drug-likeness (QED) is 0.744. The van der Waals surface area contributed by atoms with Crippen molar-refractivity contribution in [2.45, 2.75) is 9.79 Å². The molecule has 0 radical (unpaired) electrons. The Morgan fingerprint density at radius 3 is 2.58 bits per heavy atom. The summed E-state index contributed by atoms with van der Waals surface area (Å²) in [7, 11) is 0.563. The maximum absolute atomic E-state index is 13.3. The summed E-state index contributed by atoms with van der Waals surface area (Å²) in [6, 6.07) is 15.7. The van der Waals surface area contributed by atoms with E-state index in [4.69, 9.17) is 4.98 Å². The molecule has 0 bridgehead atoms. The first kappa shape index (κ1) is 17.0. The molecule has 0 saturated carbocycles. The van der Waals surface area contributed by atoms with E-state index in [0.717, 1.165) is 58.2 Å². The van der Waals surface area contributed by atoms with Crippen LogP contribution in [0.3, 0.4) is 0 Å². The van der Waals surface area contributed by atoms with Gasteiger partial charge in [0.1, 0.15) is 0 Å². The molecule has 2 heterocycles. The van der Waals surface area contributed by atoms with E-state index < -0.39 is 10.8 Å². The fourth-order valence-electron chi connectivity index (χ4n) is 3.38. The van der Waals surface area contributed by atoms with Gasteiger partial charge in [-0.25, -0.2) is 4.21 Å². The second kappa shape index (κ2) is 7.43. The fourth-order valence-corrected chi connectivity index (χ4v) is 4.74. The van der Waals surface area contributed by atoms with Crippen LogP contribution in [0.4, 0.5) is 11.4 Å². The monoisotopic (exact) mass is 366 g/mol. The predicted molar refractivity (Wildman–Crippen MR) is 107 cm³/mol. The summed E-state index contributed by atoms with van der Waals surface area (Å²) in [6.45, 7) is 3.83. The lowest BCUT2D eigenvalue weighted by Gasteiger charge is -2.30. The van der Waals surface area contributed by atoms with Gasteiger partial charge in [0, 0.05) is 43.5 Å². The van der Waals surface area contributed by atoms with E-state index in [2.05, 4.69) is 21.6 Å². The molecular formula is C20H22N4OS. The van der Waals surface area contributed by atoms with Crippen LogP contribution in [0.15, 0.2) is 64.5 Å². The summed E-state index contributed by atoms with van der Waals surface area (Å²) < 4.78 is 13.3. The molecule has 1 fully saturated rings. The lowest BCUT2D eigenvalue weighted by molar-refractivity contribution is 0.590. The second-order valence-corrected chi connectivity index (χ2v) is 7.66. The number of aromatic nitrogens is 1. The van der Waals surface area contributed by atoms with Crippen LogP contribution < -0.4 is 15.5 Å². The lowest BCUT2D eigenvalue weighted by atomic mass is 10.1. The number of rotatable bonds is 4. The van der Waals surface area contributed by atoms with Crippen molar-refractivity contribution < 1.29 is 4.21 Å². The molecule has 1 atom stereocenters. The minimum Gasteiger partial charge on any atom is -0.386 e. The minimum absolute atomic E-state index is 0.792. The number of para-hydroxylation sites is 1. The molecule has 1 unspecified atom stereocenters. The predicted octanol–water partition coefficient (Wildman–Crippen LogP) is 2.85. The summed E-state index contributed by atoms with van der Waals surface area (Å²) in [4.78, 5) is 8.64. The molecule has 6 heteroatoms. The molecule has 3 aromatic rings. The smallest absolute Gasteiger partial charge is 0.0949 e. The third kappa shape index (κ3) is 3.06. The number of hydrogen-bond acceptors (Lipinski definition) is 5. The largest absolute Gasteiger partial charge is 0.386 e.